The highest BCUT2D eigenvalue weighted by Crippen LogP contribution is 2.41. The Kier molecular flexibility index (Phi) is 10.2. The Morgan fingerprint density at radius 3 is 2.05 bits per heavy atom. The van der Waals surface area contributed by atoms with Crippen molar-refractivity contribution in [3.05, 3.63) is 47.5 Å². The number of nitrogens with zero attached hydrogens (tertiary/aromatic N) is 5. The summed E-state index contributed by atoms with van der Waals surface area (Å²) in [5, 5.41) is 19.2. The lowest BCUT2D eigenvalue weighted by atomic mass is 9.72. The molecule has 10 nitrogen and oxygen atoms in total. The number of carboxylic acids is 2. The molecular weight excluding hydrogens is 576 g/mol. The van der Waals surface area contributed by atoms with Crippen molar-refractivity contribution in [1.29, 1.82) is 0 Å². The van der Waals surface area contributed by atoms with E-state index in [1.807, 2.05) is 30.4 Å². The summed E-state index contributed by atoms with van der Waals surface area (Å²) in [6.07, 6.45) is -0.256. The van der Waals surface area contributed by atoms with E-state index in [4.69, 9.17) is 24.9 Å². The molecule has 2 aliphatic heterocycles. The summed E-state index contributed by atoms with van der Waals surface area (Å²) < 4.78 is 65.5. The number of pyridine rings is 1. The molecule has 0 aromatic carbocycles. The van der Waals surface area contributed by atoms with Crippen LogP contribution in [0, 0.1) is 5.92 Å². The maximum Gasteiger partial charge on any atom is 0.490 e. The van der Waals surface area contributed by atoms with Gasteiger partial charge in [-0.3, -0.25) is 19.4 Å². The lowest BCUT2D eigenvalue weighted by Gasteiger charge is -2.45. The molecular formula is C26H31F6N5O5. The van der Waals surface area contributed by atoms with Gasteiger partial charge in [0, 0.05) is 44.5 Å². The van der Waals surface area contributed by atoms with E-state index in [1.54, 1.807) is 0 Å². The van der Waals surface area contributed by atoms with Crippen LogP contribution in [-0.4, -0.2) is 91.7 Å². The second kappa shape index (κ2) is 13.1. The number of amides is 1. The average molecular weight is 608 g/mol. The predicted molar refractivity (Wildman–Crippen MR) is 134 cm³/mol. The first kappa shape index (κ1) is 32.8. The summed E-state index contributed by atoms with van der Waals surface area (Å²) in [6, 6.07) is 6.11. The number of piperidine rings is 1. The number of hydrogen-bond donors (Lipinski definition) is 2. The number of alkyl halides is 6. The normalized spacial score (nSPS) is 18.6. The quantitative estimate of drug-likeness (QED) is 0.500. The predicted octanol–water partition coefficient (Wildman–Crippen LogP) is 3.96. The van der Waals surface area contributed by atoms with Gasteiger partial charge in [-0.05, 0) is 56.8 Å². The summed E-state index contributed by atoms with van der Waals surface area (Å²) in [6.45, 7) is 4.69. The third kappa shape index (κ3) is 8.42. The first-order valence-corrected chi connectivity index (χ1v) is 13.1. The van der Waals surface area contributed by atoms with Gasteiger partial charge in [-0.2, -0.15) is 31.4 Å². The standard InChI is InChI=1S/C22H29N5O.2C2HF3O2/c1-25-16-22(8-11-26(12-9-22)14-18-7-2-3-10-23-18)20-19(21(25)28)15-27(24-20)13-17-5-4-6-17;2*3-2(4,5)1(6)7/h2-3,7,10,15,17H,4-6,8-9,11-14,16H2,1H3;2*(H,6,7). The number of aromatic nitrogens is 3. The molecule has 16 heteroatoms. The molecule has 1 amide bonds. The number of carboxylic acid groups (broad SMARTS) is 2. The van der Waals surface area contributed by atoms with Crippen LogP contribution in [0.5, 0.6) is 0 Å². The zero-order valence-corrected chi connectivity index (χ0v) is 22.7. The average Bonchev–Trinajstić information content (AvgIpc) is 3.32. The van der Waals surface area contributed by atoms with Crippen LogP contribution in [0.25, 0.3) is 0 Å². The molecule has 1 aliphatic carbocycles. The Morgan fingerprint density at radius 2 is 1.60 bits per heavy atom. The molecule has 1 saturated heterocycles. The third-order valence-corrected chi connectivity index (χ3v) is 7.46. The van der Waals surface area contributed by atoms with Crippen LogP contribution in [0.1, 0.15) is 53.8 Å². The van der Waals surface area contributed by atoms with Gasteiger partial charge in [-0.1, -0.05) is 12.5 Å². The molecule has 3 aliphatic rings. The van der Waals surface area contributed by atoms with Gasteiger partial charge in [0.1, 0.15) is 0 Å². The van der Waals surface area contributed by atoms with Crippen LogP contribution >= 0.6 is 0 Å². The first-order valence-electron chi connectivity index (χ1n) is 13.1. The summed E-state index contributed by atoms with van der Waals surface area (Å²) >= 11 is 0. The zero-order chi connectivity index (χ0) is 31.3. The van der Waals surface area contributed by atoms with Crippen molar-refractivity contribution >= 4 is 17.8 Å². The van der Waals surface area contributed by atoms with E-state index in [1.165, 1.54) is 19.3 Å². The van der Waals surface area contributed by atoms with Crippen molar-refractivity contribution in [2.75, 3.05) is 26.7 Å². The third-order valence-electron chi connectivity index (χ3n) is 7.46. The minimum atomic E-state index is -5.08. The van der Waals surface area contributed by atoms with Crippen molar-refractivity contribution in [3.8, 4) is 0 Å². The number of fused-ring (bicyclic) bond motifs is 2. The molecule has 5 rings (SSSR count). The number of rotatable bonds is 4. The molecule has 0 atom stereocenters. The van der Waals surface area contributed by atoms with E-state index in [9.17, 15) is 31.1 Å². The summed E-state index contributed by atoms with van der Waals surface area (Å²) in [4.78, 5) is 39.4. The Morgan fingerprint density at radius 1 is 1.02 bits per heavy atom. The van der Waals surface area contributed by atoms with Crippen LogP contribution in [0.2, 0.25) is 0 Å². The van der Waals surface area contributed by atoms with Crippen LogP contribution in [0.4, 0.5) is 26.3 Å². The van der Waals surface area contributed by atoms with Gasteiger partial charge in [0.05, 0.1) is 17.0 Å². The monoisotopic (exact) mass is 607 g/mol. The van der Waals surface area contributed by atoms with Gasteiger partial charge >= 0.3 is 24.3 Å². The fraction of sp³-hybridized carbons (Fsp3) is 0.577. The van der Waals surface area contributed by atoms with Crippen molar-refractivity contribution in [1.82, 2.24) is 24.6 Å². The van der Waals surface area contributed by atoms with E-state index in [2.05, 4.69) is 26.7 Å². The van der Waals surface area contributed by atoms with Gasteiger partial charge in [0.2, 0.25) is 0 Å². The van der Waals surface area contributed by atoms with Gasteiger partial charge in [0.25, 0.3) is 5.91 Å². The van der Waals surface area contributed by atoms with Crippen LogP contribution < -0.4 is 0 Å². The SMILES string of the molecule is CN1CC2(CCN(Cc3ccccn3)CC2)c2nn(CC3CCC3)cc2C1=O.O=C(O)C(F)(F)F.O=C(O)C(F)(F)F. The fourth-order valence-corrected chi connectivity index (χ4v) is 5.06. The number of aliphatic carboxylic acids is 2. The topological polar surface area (TPSA) is 129 Å². The maximum atomic E-state index is 12.8. The Bertz CT molecular complexity index is 1210. The lowest BCUT2D eigenvalue weighted by Crippen LogP contribution is -2.53. The lowest BCUT2D eigenvalue weighted by molar-refractivity contribution is -0.193. The van der Waals surface area contributed by atoms with Crippen molar-refractivity contribution in [2.45, 2.75) is 63.0 Å². The molecule has 42 heavy (non-hydrogen) atoms. The Hall–Kier alpha value is -3.69. The molecule has 2 aromatic rings. The minimum absolute atomic E-state index is 0.00345. The van der Waals surface area contributed by atoms with E-state index in [-0.39, 0.29) is 11.3 Å². The molecule has 2 fully saturated rings. The summed E-state index contributed by atoms with van der Waals surface area (Å²) in [5.41, 5.74) is 3.03. The van der Waals surface area contributed by atoms with Gasteiger partial charge < -0.3 is 15.1 Å². The number of hydrogen-bond acceptors (Lipinski definition) is 6. The molecule has 1 saturated carbocycles. The molecule has 2 aromatic heterocycles. The molecule has 232 valence electrons. The second-order valence-electron chi connectivity index (χ2n) is 10.6. The molecule has 0 bridgehead atoms. The Labute approximate surface area is 236 Å². The van der Waals surface area contributed by atoms with Crippen molar-refractivity contribution in [2.24, 2.45) is 5.92 Å². The second-order valence-corrected chi connectivity index (χ2v) is 10.6. The molecule has 0 radical (unpaired) electrons. The largest absolute Gasteiger partial charge is 0.490 e. The number of carbonyl (C=O) groups is 3. The molecule has 2 N–H and O–H groups in total. The van der Waals surface area contributed by atoms with E-state index in [0.29, 0.717) is 0 Å². The highest BCUT2D eigenvalue weighted by atomic mass is 19.4. The highest BCUT2D eigenvalue weighted by molar-refractivity contribution is 5.96. The van der Waals surface area contributed by atoms with E-state index in [0.717, 1.165) is 68.4 Å². The first-order chi connectivity index (χ1) is 19.5. The zero-order valence-electron chi connectivity index (χ0n) is 22.7. The van der Waals surface area contributed by atoms with Crippen molar-refractivity contribution in [3.63, 3.8) is 0 Å². The van der Waals surface area contributed by atoms with Gasteiger partial charge in [0.15, 0.2) is 0 Å². The summed E-state index contributed by atoms with van der Waals surface area (Å²) in [7, 11) is 1.94. The van der Waals surface area contributed by atoms with Crippen LogP contribution in [-0.2, 0) is 28.1 Å². The summed E-state index contributed by atoms with van der Waals surface area (Å²) in [5.74, 6) is -4.64. The fourth-order valence-electron chi connectivity index (χ4n) is 5.06. The minimum Gasteiger partial charge on any atom is -0.475 e. The van der Waals surface area contributed by atoms with E-state index < -0.39 is 24.3 Å². The number of carbonyl (C=O) groups excluding carboxylic acids is 1. The number of likely N-dealkylation sites (N-methyl/N-ethyl adjacent to an activating group) is 1. The maximum absolute atomic E-state index is 12.8. The number of halogens is 6. The van der Waals surface area contributed by atoms with Gasteiger partial charge in [-0.15, -0.1) is 0 Å². The van der Waals surface area contributed by atoms with Crippen LogP contribution in [0.15, 0.2) is 30.6 Å². The smallest absolute Gasteiger partial charge is 0.475 e. The highest BCUT2D eigenvalue weighted by Gasteiger charge is 2.46. The van der Waals surface area contributed by atoms with Crippen LogP contribution in [0.3, 0.4) is 0 Å². The number of likely N-dealkylation sites (tertiary alicyclic amines) is 1. The Balaban J connectivity index is 0.000000289. The molecule has 4 heterocycles. The molecule has 1 spiro atoms. The van der Waals surface area contributed by atoms with Gasteiger partial charge in [-0.25, -0.2) is 9.59 Å². The van der Waals surface area contributed by atoms with Crippen molar-refractivity contribution < 1.29 is 50.9 Å². The molecule has 0 unspecified atom stereocenters. The van der Waals surface area contributed by atoms with E-state index >= 15 is 0 Å².